The van der Waals surface area contributed by atoms with E-state index in [1.54, 1.807) is 6.92 Å². The number of ether oxygens (including phenoxy) is 2. The van der Waals surface area contributed by atoms with Crippen LogP contribution in [0.4, 0.5) is 4.79 Å². The van der Waals surface area contributed by atoms with E-state index in [0.29, 0.717) is 6.42 Å². The Labute approximate surface area is 193 Å². The van der Waals surface area contributed by atoms with Crippen molar-refractivity contribution >= 4 is 18.0 Å². The van der Waals surface area contributed by atoms with Gasteiger partial charge in [0.15, 0.2) is 0 Å². The SMILES string of the molecule is COC(CNC(=O)OCC1c2ccccc2-c2ccccc21)CC(=O)NC(C)CCC(=O)O. The molecule has 0 bridgehead atoms. The summed E-state index contributed by atoms with van der Waals surface area (Å²) in [6.45, 7) is 2.07. The Kier molecular flexibility index (Phi) is 8.43. The predicted octanol–water partition coefficient (Wildman–Crippen LogP) is 3.30. The number of nitrogens with one attached hydrogen (secondary N) is 2. The molecule has 3 N–H and O–H groups in total. The van der Waals surface area contributed by atoms with Crippen molar-refractivity contribution in [1.29, 1.82) is 0 Å². The first-order valence-corrected chi connectivity index (χ1v) is 11.0. The number of hydrogen-bond acceptors (Lipinski definition) is 5. The first kappa shape index (κ1) is 24.3. The standard InChI is InChI=1S/C25H30N2O6/c1-16(11-12-24(29)30)27-23(28)13-17(32-2)14-26-25(31)33-15-22-20-9-5-3-7-18(20)19-8-4-6-10-21(19)22/h3-10,16-17,22H,11-15H2,1-2H3,(H,26,31)(H,27,28)(H,29,30). The highest BCUT2D eigenvalue weighted by atomic mass is 16.5. The molecular weight excluding hydrogens is 424 g/mol. The van der Waals surface area contributed by atoms with Crippen molar-refractivity contribution in [2.24, 2.45) is 0 Å². The van der Waals surface area contributed by atoms with Crippen LogP contribution in [-0.2, 0) is 19.1 Å². The minimum atomic E-state index is -0.904. The maximum absolute atomic E-state index is 12.3. The second kappa shape index (κ2) is 11.5. The molecule has 1 aliphatic rings. The van der Waals surface area contributed by atoms with Gasteiger partial charge in [-0.05, 0) is 35.6 Å². The summed E-state index contributed by atoms with van der Waals surface area (Å²) >= 11 is 0. The van der Waals surface area contributed by atoms with Gasteiger partial charge >= 0.3 is 12.1 Å². The molecule has 33 heavy (non-hydrogen) atoms. The Bertz CT molecular complexity index is 947. The predicted molar refractivity (Wildman–Crippen MR) is 123 cm³/mol. The molecule has 3 rings (SSSR count). The Balaban J connectivity index is 1.46. The van der Waals surface area contributed by atoms with Crippen LogP contribution in [0.15, 0.2) is 48.5 Å². The molecule has 2 aromatic carbocycles. The molecule has 2 amide bonds. The van der Waals surface area contributed by atoms with Crippen LogP contribution in [0.1, 0.15) is 43.2 Å². The lowest BCUT2D eigenvalue weighted by Crippen LogP contribution is -2.39. The van der Waals surface area contributed by atoms with Crippen molar-refractivity contribution in [3.8, 4) is 11.1 Å². The summed E-state index contributed by atoms with van der Waals surface area (Å²) in [4.78, 5) is 35.1. The van der Waals surface area contributed by atoms with Gasteiger partial charge in [-0.15, -0.1) is 0 Å². The molecule has 0 aliphatic heterocycles. The smallest absolute Gasteiger partial charge is 0.407 e. The number of rotatable bonds is 11. The summed E-state index contributed by atoms with van der Waals surface area (Å²) in [6, 6.07) is 16.0. The van der Waals surface area contributed by atoms with Crippen LogP contribution in [0.5, 0.6) is 0 Å². The van der Waals surface area contributed by atoms with Crippen LogP contribution in [0.3, 0.4) is 0 Å². The van der Waals surface area contributed by atoms with Gasteiger partial charge in [0.05, 0.1) is 12.5 Å². The number of carbonyl (C=O) groups excluding carboxylic acids is 2. The number of hydrogen-bond donors (Lipinski definition) is 3. The van der Waals surface area contributed by atoms with Gasteiger partial charge < -0.3 is 25.2 Å². The van der Waals surface area contributed by atoms with Crippen molar-refractivity contribution in [2.75, 3.05) is 20.3 Å². The summed E-state index contributed by atoms with van der Waals surface area (Å²) in [5.41, 5.74) is 4.58. The third-order valence-corrected chi connectivity index (χ3v) is 5.76. The minimum absolute atomic E-state index is 0.0154. The number of methoxy groups -OCH3 is 1. The Morgan fingerprint density at radius 2 is 1.64 bits per heavy atom. The van der Waals surface area contributed by atoms with Crippen LogP contribution in [-0.4, -0.2) is 55.5 Å². The molecular formula is C25H30N2O6. The first-order valence-electron chi connectivity index (χ1n) is 11.0. The topological polar surface area (TPSA) is 114 Å². The maximum atomic E-state index is 12.3. The number of carbonyl (C=O) groups is 3. The number of carboxylic acids is 1. The quantitative estimate of drug-likeness (QED) is 0.480. The fourth-order valence-corrected chi connectivity index (χ4v) is 4.04. The number of amides is 2. The molecule has 2 atom stereocenters. The number of benzene rings is 2. The summed E-state index contributed by atoms with van der Waals surface area (Å²) in [7, 11) is 1.46. The van der Waals surface area contributed by atoms with Crippen LogP contribution >= 0.6 is 0 Å². The average molecular weight is 455 g/mol. The summed E-state index contributed by atoms with van der Waals surface area (Å²) in [5.74, 6) is -1.20. The van der Waals surface area contributed by atoms with Crippen molar-refractivity contribution in [1.82, 2.24) is 10.6 Å². The molecule has 0 spiro atoms. The Morgan fingerprint density at radius 1 is 1.03 bits per heavy atom. The highest BCUT2D eigenvalue weighted by molar-refractivity contribution is 5.79. The zero-order chi connectivity index (χ0) is 23.8. The van der Waals surface area contributed by atoms with Gasteiger partial charge in [0.25, 0.3) is 0 Å². The average Bonchev–Trinajstić information content (AvgIpc) is 3.12. The molecule has 2 unspecified atom stereocenters. The third-order valence-electron chi connectivity index (χ3n) is 5.76. The molecule has 0 radical (unpaired) electrons. The van der Waals surface area contributed by atoms with E-state index >= 15 is 0 Å². The van der Waals surface area contributed by atoms with E-state index in [1.807, 2.05) is 24.3 Å². The van der Waals surface area contributed by atoms with Crippen LogP contribution in [0.25, 0.3) is 11.1 Å². The highest BCUT2D eigenvalue weighted by Gasteiger charge is 2.29. The van der Waals surface area contributed by atoms with Crippen LogP contribution < -0.4 is 10.6 Å². The third kappa shape index (κ3) is 6.55. The fourth-order valence-electron chi connectivity index (χ4n) is 4.04. The summed E-state index contributed by atoms with van der Waals surface area (Å²) in [5, 5.41) is 14.1. The second-order valence-electron chi connectivity index (χ2n) is 8.17. The molecule has 2 aromatic rings. The van der Waals surface area contributed by atoms with Crippen molar-refractivity contribution in [3.05, 3.63) is 59.7 Å². The molecule has 1 aliphatic carbocycles. The van der Waals surface area contributed by atoms with Gasteiger partial charge in [-0.25, -0.2) is 4.79 Å². The number of fused-ring (bicyclic) bond motifs is 3. The molecule has 8 nitrogen and oxygen atoms in total. The van der Waals surface area contributed by atoms with Crippen molar-refractivity contribution in [3.63, 3.8) is 0 Å². The minimum Gasteiger partial charge on any atom is -0.481 e. The van der Waals surface area contributed by atoms with Gasteiger partial charge in [-0.2, -0.15) is 0 Å². The Hall–Kier alpha value is -3.39. The van der Waals surface area contributed by atoms with E-state index in [1.165, 1.54) is 7.11 Å². The van der Waals surface area contributed by atoms with E-state index in [-0.39, 0.29) is 43.9 Å². The summed E-state index contributed by atoms with van der Waals surface area (Å²) < 4.78 is 10.8. The largest absolute Gasteiger partial charge is 0.481 e. The number of carboxylic acid groups (broad SMARTS) is 1. The van der Waals surface area contributed by atoms with E-state index < -0.39 is 18.2 Å². The molecule has 8 heteroatoms. The lowest BCUT2D eigenvalue weighted by atomic mass is 9.98. The molecule has 0 saturated carbocycles. The van der Waals surface area contributed by atoms with Gasteiger partial charge in [-0.1, -0.05) is 48.5 Å². The van der Waals surface area contributed by atoms with Gasteiger partial charge in [0.2, 0.25) is 5.91 Å². The molecule has 0 heterocycles. The molecule has 0 aromatic heterocycles. The van der Waals surface area contributed by atoms with Gasteiger partial charge in [0, 0.05) is 32.0 Å². The lowest BCUT2D eigenvalue weighted by Gasteiger charge is -2.19. The van der Waals surface area contributed by atoms with Gasteiger partial charge in [0.1, 0.15) is 6.61 Å². The maximum Gasteiger partial charge on any atom is 0.407 e. The normalized spacial score (nSPS) is 14.0. The second-order valence-corrected chi connectivity index (χ2v) is 8.17. The highest BCUT2D eigenvalue weighted by Crippen LogP contribution is 2.44. The van der Waals surface area contributed by atoms with Crippen molar-refractivity contribution < 1.29 is 29.0 Å². The zero-order valence-electron chi connectivity index (χ0n) is 18.9. The van der Waals surface area contributed by atoms with E-state index in [2.05, 4.69) is 34.9 Å². The van der Waals surface area contributed by atoms with E-state index in [9.17, 15) is 14.4 Å². The molecule has 176 valence electrons. The zero-order valence-corrected chi connectivity index (χ0v) is 18.9. The fraction of sp³-hybridized carbons (Fsp3) is 0.400. The van der Waals surface area contributed by atoms with Crippen molar-refractivity contribution in [2.45, 2.75) is 44.2 Å². The lowest BCUT2D eigenvalue weighted by molar-refractivity contribution is -0.137. The molecule has 0 fully saturated rings. The molecule has 0 saturated heterocycles. The summed E-state index contributed by atoms with van der Waals surface area (Å²) in [6.07, 6.45) is -0.737. The van der Waals surface area contributed by atoms with E-state index in [4.69, 9.17) is 14.6 Å². The number of aliphatic carboxylic acids is 1. The van der Waals surface area contributed by atoms with Gasteiger partial charge in [-0.3, -0.25) is 9.59 Å². The Morgan fingerprint density at radius 3 is 2.21 bits per heavy atom. The van der Waals surface area contributed by atoms with Crippen LogP contribution in [0, 0.1) is 0 Å². The monoisotopic (exact) mass is 454 g/mol. The van der Waals surface area contributed by atoms with E-state index in [0.717, 1.165) is 22.3 Å². The van der Waals surface area contributed by atoms with Crippen LogP contribution in [0.2, 0.25) is 0 Å². The number of alkyl carbamates (subject to hydrolysis) is 1. The first-order chi connectivity index (χ1) is 15.9.